The van der Waals surface area contributed by atoms with Crippen LogP contribution in [-0.2, 0) is 4.74 Å². The molecule has 0 aromatic carbocycles. The minimum Gasteiger partial charge on any atom is -0.374 e. The molecule has 1 saturated heterocycles. The Bertz CT molecular complexity index is 165. The third-order valence-corrected chi connectivity index (χ3v) is 2.38. The second-order valence-corrected chi connectivity index (χ2v) is 3.83. The zero-order chi connectivity index (χ0) is 9.14. The van der Waals surface area contributed by atoms with Crippen LogP contribution in [0.4, 0.5) is 0 Å². The van der Waals surface area contributed by atoms with Crippen LogP contribution in [0.25, 0.3) is 0 Å². The summed E-state index contributed by atoms with van der Waals surface area (Å²) in [7, 11) is 0. The van der Waals surface area contributed by atoms with Gasteiger partial charge in [-0.25, -0.2) is 0 Å². The maximum Gasteiger partial charge on any atom is 0.0773 e. The summed E-state index contributed by atoms with van der Waals surface area (Å²) >= 11 is 0. The molecule has 0 aromatic rings. The zero-order valence-corrected chi connectivity index (χ0v) is 8.34. The Morgan fingerprint density at radius 2 is 2.25 bits per heavy atom. The average molecular weight is 169 g/mol. The van der Waals surface area contributed by atoms with Gasteiger partial charge in [0.2, 0.25) is 0 Å². The van der Waals surface area contributed by atoms with E-state index in [0.29, 0.717) is 12.0 Å². The van der Waals surface area contributed by atoms with E-state index in [-0.39, 0.29) is 0 Å². The van der Waals surface area contributed by atoms with Crippen molar-refractivity contribution in [1.29, 1.82) is 0 Å². The number of hydrogen-bond donors (Lipinski definition) is 0. The van der Waals surface area contributed by atoms with Crippen LogP contribution in [0.15, 0.2) is 12.3 Å². The molecule has 0 amide bonds. The van der Waals surface area contributed by atoms with Crippen molar-refractivity contribution in [3.8, 4) is 0 Å². The van der Waals surface area contributed by atoms with Crippen LogP contribution >= 0.6 is 0 Å². The Morgan fingerprint density at radius 1 is 1.58 bits per heavy atom. The molecule has 1 aliphatic heterocycles. The summed E-state index contributed by atoms with van der Waals surface area (Å²) in [6.45, 7) is 13.3. The summed E-state index contributed by atoms with van der Waals surface area (Å²) in [5, 5.41) is 0. The third-order valence-electron chi connectivity index (χ3n) is 2.38. The number of hydrogen-bond acceptors (Lipinski definition) is 2. The van der Waals surface area contributed by atoms with Gasteiger partial charge in [-0.2, -0.15) is 0 Å². The van der Waals surface area contributed by atoms with Crippen molar-refractivity contribution >= 4 is 0 Å². The summed E-state index contributed by atoms with van der Waals surface area (Å²) in [5.41, 5.74) is 1.16. The van der Waals surface area contributed by atoms with Crippen molar-refractivity contribution in [2.24, 2.45) is 5.92 Å². The normalized spacial score (nSPS) is 24.7. The minimum absolute atomic E-state index is 0.385. The van der Waals surface area contributed by atoms with Crippen molar-refractivity contribution in [2.75, 3.05) is 19.7 Å². The number of nitrogens with zero attached hydrogens (tertiary/aromatic N) is 1. The average Bonchev–Trinajstić information content (AvgIpc) is 2.04. The Hall–Kier alpha value is -0.500. The van der Waals surface area contributed by atoms with Gasteiger partial charge in [-0.15, -0.1) is 0 Å². The van der Waals surface area contributed by atoms with Gasteiger partial charge in [0.25, 0.3) is 0 Å². The Labute approximate surface area is 75.2 Å². The molecule has 1 heterocycles. The van der Waals surface area contributed by atoms with Gasteiger partial charge in [-0.05, 0) is 12.8 Å². The largest absolute Gasteiger partial charge is 0.374 e. The van der Waals surface area contributed by atoms with E-state index in [4.69, 9.17) is 4.74 Å². The number of ether oxygens (including phenoxy) is 1. The fourth-order valence-electron chi connectivity index (χ4n) is 1.43. The van der Waals surface area contributed by atoms with Crippen molar-refractivity contribution in [2.45, 2.75) is 26.9 Å². The molecule has 0 unspecified atom stereocenters. The highest BCUT2D eigenvalue weighted by molar-refractivity contribution is 4.91. The van der Waals surface area contributed by atoms with E-state index in [2.05, 4.69) is 32.3 Å². The standard InChI is InChI=1S/C10H19NO/c1-8(2)10-7-11(9(3)4)5-6-12-10/h8,10H,3,5-7H2,1-2,4H3/t10-/m0/s1. The second kappa shape index (κ2) is 3.94. The minimum atomic E-state index is 0.385. The molecular formula is C10H19NO. The lowest BCUT2D eigenvalue weighted by Crippen LogP contribution is -2.43. The SMILES string of the molecule is C=C(C)N1CCO[C@H](C(C)C)C1. The quantitative estimate of drug-likeness (QED) is 0.626. The van der Waals surface area contributed by atoms with Crippen LogP contribution in [0, 0.1) is 5.92 Å². The maximum absolute atomic E-state index is 5.64. The molecule has 12 heavy (non-hydrogen) atoms. The highest BCUT2D eigenvalue weighted by Gasteiger charge is 2.22. The molecule has 0 saturated carbocycles. The van der Waals surface area contributed by atoms with Gasteiger partial charge in [0, 0.05) is 18.8 Å². The lowest BCUT2D eigenvalue weighted by molar-refractivity contribution is -0.0398. The van der Waals surface area contributed by atoms with Crippen LogP contribution in [0.5, 0.6) is 0 Å². The molecule has 1 rings (SSSR count). The highest BCUT2D eigenvalue weighted by Crippen LogP contribution is 2.15. The summed E-state index contributed by atoms with van der Waals surface area (Å²) in [6.07, 6.45) is 0.385. The van der Waals surface area contributed by atoms with E-state index < -0.39 is 0 Å². The van der Waals surface area contributed by atoms with E-state index >= 15 is 0 Å². The molecule has 0 spiro atoms. The van der Waals surface area contributed by atoms with E-state index in [1.165, 1.54) is 0 Å². The Morgan fingerprint density at radius 3 is 2.75 bits per heavy atom. The molecule has 0 aliphatic carbocycles. The molecule has 0 N–H and O–H groups in total. The fourth-order valence-corrected chi connectivity index (χ4v) is 1.43. The van der Waals surface area contributed by atoms with Gasteiger partial charge in [-0.3, -0.25) is 0 Å². The van der Waals surface area contributed by atoms with Gasteiger partial charge >= 0.3 is 0 Å². The van der Waals surface area contributed by atoms with Crippen LogP contribution < -0.4 is 0 Å². The van der Waals surface area contributed by atoms with Gasteiger partial charge in [0.05, 0.1) is 12.7 Å². The van der Waals surface area contributed by atoms with Gasteiger partial charge in [0.1, 0.15) is 0 Å². The number of morpholine rings is 1. The lowest BCUT2D eigenvalue weighted by Gasteiger charge is -2.36. The Kier molecular flexibility index (Phi) is 3.15. The summed E-state index contributed by atoms with van der Waals surface area (Å²) in [5.74, 6) is 0.604. The predicted octanol–water partition coefficient (Wildman–Crippen LogP) is 1.88. The molecule has 2 nitrogen and oxygen atoms in total. The molecule has 0 aromatic heterocycles. The van der Waals surface area contributed by atoms with Crippen LogP contribution in [0.3, 0.4) is 0 Å². The van der Waals surface area contributed by atoms with Gasteiger partial charge in [-0.1, -0.05) is 20.4 Å². The number of rotatable bonds is 2. The summed E-state index contributed by atoms with van der Waals surface area (Å²) < 4.78 is 5.64. The maximum atomic E-state index is 5.64. The molecule has 1 aliphatic rings. The van der Waals surface area contributed by atoms with Crippen molar-refractivity contribution in [1.82, 2.24) is 4.90 Å². The lowest BCUT2D eigenvalue weighted by atomic mass is 10.1. The molecule has 0 radical (unpaired) electrons. The van der Waals surface area contributed by atoms with Gasteiger partial charge in [0.15, 0.2) is 0 Å². The molecule has 1 atom stereocenters. The van der Waals surface area contributed by atoms with E-state index in [1.807, 2.05) is 0 Å². The smallest absolute Gasteiger partial charge is 0.0773 e. The number of allylic oxidation sites excluding steroid dienone is 1. The third kappa shape index (κ3) is 2.24. The van der Waals surface area contributed by atoms with E-state index in [9.17, 15) is 0 Å². The van der Waals surface area contributed by atoms with Crippen LogP contribution in [-0.4, -0.2) is 30.7 Å². The molecule has 2 heteroatoms. The van der Waals surface area contributed by atoms with Crippen LogP contribution in [0.1, 0.15) is 20.8 Å². The Balaban J connectivity index is 2.46. The molecule has 70 valence electrons. The van der Waals surface area contributed by atoms with Crippen molar-refractivity contribution < 1.29 is 4.74 Å². The molecular weight excluding hydrogens is 150 g/mol. The predicted molar refractivity (Wildman–Crippen MR) is 51.0 cm³/mol. The van der Waals surface area contributed by atoms with E-state index in [0.717, 1.165) is 25.4 Å². The molecule has 1 fully saturated rings. The summed E-state index contributed by atoms with van der Waals surface area (Å²) in [6, 6.07) is 0. The first-order valence-electron chi connectivity index (χ1n) is 4.63. The van der Waals surface area contributed by atoms with Crippen molar-refractivity contribution in [3.63, 3.8) is 0 Å². The first-order chi connectivity index (χ1) is 5.61. The van der Waals surface area contributed by atoms with E-state index in [1.54, 1.807) is 0 Å². The monoisotopic (exact) mass is 169 g/mol. The van der Waals surface area contributed by atoms with Gasteiger partial charge < -0.3 is 9.64 Å². The first kappa shape index (κ1) is 9.59. The van der Waals surface area contributed by atoms with Crippen LogP contribution in [0.2, 0.25) is 0 Å². The highest BCUT2D eigenvalue weighted by atomic mass is 16.5. The zero-order valence-electron chi connectivity index (χ0n) is 8.34. The second-order valence-electron chi connectivity index (χ2n) is 3.83. The van der Waals surface area contributed by atoms with Crippen molar-refractivity contribution in [3.05, 3.63) is 12.3 Å². The first-order valence-corrected chi connectivity index (χ1v) is 4.63. The molecule has 0 bridgehead atoms. The summed E-state index contributed by atoms with van der Waals surface area (Å²) in [4.78, 5) is 2.30. The topological polar surface area (TPSA) is 12.5 Å². The fraction of sp³-hybridized carbons (Fsp3) is 0.800.